The van der Waals surface area contributed by atoms with Crippen LogP contribution >= 0.6 is 0 Å². The number of ether oxygens (including phenoxy) is 2. The van der Waals surface area contributed by atoms with Gasteiger partial charge in [0.05, 0.1) is 19.5 Å². The number of rotatable bonds is 9. The molecule has 1 aromatic heterocycles. The van der Waals surface area contributed by atoms with Gasteiger partial charge in [0.2, 0.25) is 0 Å². The lowest BCUT2D eigenvalue weighted by Crippen LogP contribution is -2.14. The van der Waals surface area contributed by atoms with Gasteiger partial charge >= 0.3 is 0 Å². The minimum absolute atomic E-state index is 0.583. The summed E-state index contributed by atoms with van der Waals surface area (Å²) < 4.78 is 13.6. The Morgan fingerprint density at radius 1 is 1.24 bits per heavy atom. The van der Waals surface area contributed by atoms with Gasteiger partial charge < -0.3 is 19.4 Å². The van der Waals surface area contributed by atoms with E-state index in [9.17, 15) is 0 Å². The van der Waals surface area contributed by atoms with Gasteiger partial charge in [-0.1, -0.05) is 19.1 Å². The first-order valence-electron chi connectivity index (χ1n) is 7.39. The fourth-order valence-electron chi connectivity index (χ4n) is 2.07. The standard InChI is InChI=1S/C16H23N3O2/c1-3-17-12-14-6-5-7-15(20-4-2)16(14)21-11-10-19-9-8-18-13-19/h5-9,13,17H,3-4,10-12H2,1-2H3. The monoisotopic (exact) mass is 289 g/mol. The SMILES string of the molecule is CCNCc1cccc(OCC)c1OCCn1ccnc1. The van der Waals surface area contributed by atoms with Crippen molar-refractivity contribution in [3.05, 3.63) is 42.5 Å². The van der Waals surface area contributed by atoms with Gasteiger partial charge in [-0.15, -0.1) is 0 Å². The molecule has 1 N–H and O–H groups in total. The molecular weight excluding hydrogens is 266 g/mol. The van der Waals surface area contributed by atoms with Crippen LogP contribution in [-0.2, 0) is 13.1 Å². The van der Waals surface area contributed by atoms with Crippen molar-refractivity contribution in [2.45, 2.75) is 26.9 Å². The van der Waals surface area contributed by atoms with Crippen LogP contribution in [-0.4, -0.2) is 29.3 Å². The van der Waals surface area contributed by atoms with Gasteiger partial charge in [0.1, 0.15) is 6.61 Å². The minimum Gasteiger partial charge on any atom is -0.490 e. The molecule has 0 bridgehead atoms. The van der Waals surface area contributed by atoms with Crippen LogP contribution < -0.4 is 14.8 Å². The van der Waals surface area contributed by atoms with E-state index in [1.807, 2.05) is 29.8 Å². The zero-order chi connectivity index (χ0) is 14.9. The third-order valence-electron chi connectivity index (χ3n) is 3.08. The third-order valence-corrected chi connectivity index (χ3v) is 3.08. The molecule has 0 amide bonds. The Labute approximate surface area is 125 Å². The number of nitrogens with zero attached hydrogens (tertiary/aromatic N) is 2. The molecule has 0 aliphatic heterocycles. The van der Waals surface area contributed by atoms with Gasteiger partial charge in [0, 0.05) is 24.5 Å². The molecule has 2 rings (SSSR count). The normalized spacial score (nSPS) is 10.6. The maximum Gasteiger partial charge on any atom is 0.165 e. The Kier molecular flexibility index (Phi) is 6.09. The van der Waals surface area contributed by atoms with Crippen molar-refractivity contribution in [2.75, 3.05) is 19.8 Å². The van der Waals surface area contributed by atoms with Crippen molar-refractivity contribution < 1.29 is 9.47 Å². The van der Waals surface area contributed by atoms with E-state index in [-0.39, 0.29) is 0 Å². The molecule has 114 valence electrons. The van der Waals surface area contributed by atoms with Crippen molar-refractivity contribution in [2.24, 2.45) is 0 Å². The van der Waals surface area contributed by atoms with Crippen molar-refractivity contribution in [1.29, 1.82) is 0 Å². The molecule has 0 fully saturated rings. The average molecular weight is 289 g/mol. The Bertz CT molecular complexity index is 526. The van der Waals surface area contributed by atoms with Gasteiger partial charge in [-0.2, -0.15) is 0 Å². The molecule has 0 spiro atoms. The highest BCUT2D eigenvalue weighted by molar-refractivity contribution is 5.46. The van der Waals surface area contributed by atoms with E-state index >= 15 is 0 Å². The number of imidazole rings is 1. The lowest BCUT2D eigenvalue weighted by molar-refractivity contribution is 0.263. The van der Waals surface area contributed by atoms with Crippen LogP contribution in [0.5, 0.6) is 11.5 Å². The number of nitrogens with one attached hydrogen (secondary N) is 1. The summed E-state index contributed by atoms with van der Waals surface area (Å²) in [5, 5.41) is 3.33. The van der Waals surface area contributed by atoms with E-state index < -0.39 is 0 Å². The number of hydrogen-bond donors (Lipinski definition) is 1. The highest BCUT2D eigenvalue weighted by Crippen LogP contribution is 2.31. The Hall–Kier alpha value is -2.01. The van der Waals surface area contributed by atoms with Gasteiger partial charge in [-0.05, 0) is 19.5 Å². The van der Waals surface area contributed by atoms with Gasteiger partial charge in [-0.25, -0.2) is 4.98 Å². The van der Waals surface area contributed by atoms with Gasteiger partial charge in [0.25, 0.3) is 0 Å². The van der Waals surface area contributed by atoms with Crippen molar-refractivity contribution >= 4 is 0 Å². The molecule has 5 nitrogen and oxygen atoms in total. The van der Waals surface area contributed by atoms with Crippen LogP contribution in [0, 0.1) is 0 Å². The summed E-state index contributed by atoms with van der Waals surface area (Å²) in [6.45, 7) is 7.74. The lowest BCUT2D eigenvalue weighted by atomic mass is 10.2. The van der Waals surface area contributed by atoms with Crippen LogP contribution in [0.2, 0.25) is 0 Å². The molecule has 0 saturated carbocycles. The molecular formula is C16H23N3O2. The molecule has 0 radical (unpaired) electrons. The molecule has 0 unspecified atom stereocenters. The minimum atomic E-state index is 0.583. The largest absolute Gasteiger partial charge is 0.490 e. The van der Waals surface area contributed by atoms with E-state index in [0.29, 0.717) is 13.2 Å². The van der Waals surface area contributed by atoms with Crippen LogP contribution in [0.4, 0.5) is 0 Å². The van der Waals surface area contributed by atoms with Crippen LogP contribution in [0.1, 0.15) is 19.4 Å². The fourth-order valence-corrected chi connectivity index (χ4v) is 2.07. The molecule has 5 heteroatoms. The predicted octanol–water partition coefficient (Wildman–Crippen LogP) is 2.47. The molecule has 1 heterocycles. The first-order valence-corrected chi connectivity index (χ1v) is 7.39. The summed E-state index contributed by atoms with van der Waals surface area (Å²) in [6.07, 6.45) is 5.49. The molecule has 2 aromatic rings. The van der Waals surface area contributed by atoms with Crippen LogP contribution in [0.25, 0.3) is 0 Å². The van der Waals surface area contributed by atoms with E-state index in [4.69, 9.17) is 9.47 Å². The van der Waals surface area contributed by atoms with Crippen molar-refractivity contribution in [3.8, 4) is 11.5 Å². The second kappa shape index (κ2) is 8.32. The Morgan fingerprint density at radius 3 is 2.86 bits per heavy atom. The van der Waals surface area contributed by atoms with E-state index in [0.717, 1.165) is 36.7 Å². The van der Waals surface area contributed by atoms with Gasteiger partial charge in [-0.3, -0.25) is 0 Å². The molecule has 0 atom stereocenters. The van der Waals surface area contributed by atoms with E-state index in [1.54, 1.807) is 12.5 Å². The number of hydrogen-bond acceptors (Lipinski definition) is 4. The molecule has 0 aliphatic rings. The number of aromatic nitrogens is 2. The summed E-state index contributed by atoms with van der Waals surface area (Å²) in [4.78, 5) is 4.03. The van der Waals surface area contributed by atoms with Crippen LogP contribution in [0.3, 0.4) is 0 Å². The predicted molar refractivity (Wildman–Crippen MR) is 82.7 cm³/mol. The highest BCUT2D eigenvalue weighted by atomic mass is 16.5. The van der Waals surface area contributed by atoms with Crippen LogP contribution in [0.15, 0.2) is 36.9 Å². The van der Waals surface area contributed by atoms with Crippen molar-refractivity contribution in [1.82, 2.24) is 14.9 Å². The Morgan fingerprint density at radius 2 is 2.14 bits per heavy atom. The fraction of sp³-hybridized carbons (Fsp3) is 0.438. The zero-order valence-corrected chi connectivity index (χ0v) is 12.7. The summed E-state index contributed by atoms with van der Waals surface area (Å²) in [6, 6.07) is 6.02. The number of para-hydroxylation sites is 1. The average Bonchev–Trinajstić information content (AvgIpc) is 3.00. The first-order chi connectivity index (χ1) is 10.3. The second-order valence-electron chi connectivity index (χ2n) is 4.61. The number of benzene rings is 1. The summed E-state index contributed by atoms with van der Waals surface area (Å²) in [5.41, 5.74) is 1.12. The van der Waals surface area contributed by atoms with E-state index in [2.05, 4.69) is 23.3 Å². The lowest BCUT2D eigenvalue weighted by Gasteiger charge is -2.16. The quantitative estimate of drug-likeness (QED) is 0.770. The molecule has 0 aliphatic carbocycles. The Balaban J connectivity index is 2.05. The first kappa shape index (κ1) is 15.4. The van der Waals surface area contributed by atoms with Gasteiger partial charge in [0.15, 0.2) is 11.5 Å². The highest BCUT2D eigenvalue weighted by Gasteiger charge is 2.10. The topological polar surface area (TPSA) is 48.3 Å². The molecule has 0 saturated heterocycles. The summed E-state index contributed by atoms with van der Waals surface area (Å²) in [7, 11) is 0. The second-order valence-corrected chi connectivity index (χ2v) is 4.61. The van der Waals surface area contributed by atoms with E-state index in [1.165, 1.54) is 0 Å². The third kappa shape index (κ3) is 4.49. The summed E-state index contributed by atoms with van der Waals surface area (Å²) >= 11 is 0. The molecule has 21 heavy (non-hydrogen) atoms. The zero-order valence-electron chi connectivity index (χ0n) is 12.7. The molecule has 1 aromatic carbocycles. The van der Waals surface area contributed by atoms with Crippen molar-refractivity contribution in [3.63, 3.8) is 0 Å². The maximum absolute atomic E-state index is 5.98. The summed E-state index contributed by atoms with van der Waals surface area (Å²) in [5.74, 6) is 1.64. The maximum atomic E-state index is 5.98. The smallest absolute Gasteiger partial charge is 0.165 e.